The molecular weight excluding hydrogens is 384 g/mol. The number of nitrogens with one attached hydrogen (secondary N) is 1. The Hall–Kier alpha value is -3.92. The van der Waals surface area contributed by atoms with Gasteiger partial charge in [0, 0.05) is 11.5 Å². The molecule has 0 bridgehead atoms. The van der Waals surface area contributed by atoms with E-state index < -0.39 is 5.97 Å². The molecule has 0 atom stereocenters. The maximum absolute atomic E-state index is 10.9. The maximum Gasteiger partial charge on any atom is 0.328 e. The summed E-state index contributed by atoms with van der Waals surface area (Å²) in [7, 11) is 0. The minimum atomic E-state index is -0.949. The quantitative estimate of drug-likeness (QED) is 0.289. The molecular formula is C27H24N2O2. The maximum atomic E-state index is 10.9. The Bertz CT molecular complexity index is 1300. The van der Waals surface area contributed by atoms with Crippen LogP contribution in [-0.2, 0) is 4.79 Å². The van der Waals surface area contributed by atoms with Crippen LogP contribution >= 0.6 is 0 Å². The Kier molecular flexibility index (Phi) is 5.80. The third-order valence-electron chi connectivity index (χ3n) is 5.47. The van der Waals surface area contributed by atoms with Crippen molar-refractivity contribution in [1.29, 1.82) is 0 Å². The molecule has 154 valence electrons. The van der Waals surface area contributed by atoms with Crippen molar-refractivity contribution in [3.8, 4) is 0 Å². The number of hydrogen-bond acceptors (Lipinski definition) is 2. The minimum Gasteiger partial charge on any atom is -0.478 e. The topological polar surface area (TPSA) is 66.0 Å². The van der Waals surface area contributed by atoms with Gasteiger partial charge in [-0.2, -0.15) is 5.10 Å². The van der Waals surface area contributed by atoms with Crippen LogP contribution in [0, 0.1) is 6.92 Å². The third-order valence-corrected chi connectivity index (χ3v) is 5.47. The third kappa shape index (κ3) is 4.33. The summed E-state index contributed by atoms with van der Waals surface area (Å²) in [5, 5.41) is 17.2. The summed E-state index contributed by atoms with van der Waals surface area (Å²) < 4.78 is 0. The number of hydrogen-bond donors (Lipinski definition) is 2. The molecule has 4 heteroatoms. The molecule has 3 aromatic carbocycles. The van der Waals surface area contributed by atoms with Gasteiger partial charge in [0.15, 0.2) is 0 Å². The van der Waals surface area contributed by atoms with Gasteiger partial charge in [-0.1, -0.05) is 61.5 Å². The van der Waals surface area contributed by atoms with Crippen LogP contribution in [0.1, 0.15) is 41.2 Å². The van der Waals surface area contributed by atoms with Gasteiger partial charge in [-0.25, -0.2) is 4.79 Å². The van der Waals surface area contributed by atoms with E-state index in [1.807, 2.05) is 25.3 Å². The van der Waals surface area contributed by atoms with Crippen molar-refractivity contribution in [2.45, 2.75) is 20.3 Å². The van der Waals surface area contributed by atoms with Gasteiger partial charge < -0.3 is 5.11 Å². The number of carboxylic acids is 1. The van der Waals surface area contributed by atoms with Crippen molar-refractivity contribution < 1.29 is 9.90 Å². The molecule has 4 rings (SSSR count). The van der Waals surface area contributed by atoms with Gasteiger partial charge in [0.25, 0.3) is 0 Å². The fraction of sp³-hybridized carbons (Fsp3) is 0.111. The summed E-state index contributed by atoms with van der Waals surface area (Å²) in [4.78, 5) is 10.9. The van der Waals surface area contributed by atoms with Gasteiger partial charge in [-0.05, 0) is 70.5 Å². The zero-order valence-electron chi connectivity index (χ0n) is 17.6. The average Bonchev–Trinajstić information content (AvgIpc) is 3.25. The van der Waals surface area contributed by atoms with E-state index in [0.717, 1.165) is 39.6 Å². The first-order valence-electron chi connectivity index (χ1n) is 10.3. The van der Waals surface area contributed by atoms with Crippen molar-refractivity contribution in [3.05, 3.63) is 107 Å². The summed E-state index contributed by atoms with van der Waals surface area (Å²) in [6.45, 7) is 4.19. The van der Waals surface area contributed by atoms with Gasteiger partial charge in [-0.15, -0.1) is 0 Å². The molecule has 0 unspecified atom stereocenters. The number of aliphatic carboxylic acids is 1. The first kappa shape index (κ1) is 20.4. The first-order valence-corrected chi connectivity index (χ1v) is 10.3. The summed E-state index contributed by atoms with van der Waals surface area (Å²) in [6.07, 6.45) is 5.53. The van der Waals surface area contributed by atoms with Crippen molar-refractivity contribution >= 4 is 34.1 Å². The van der Waals surface area contributed by atoms with Crippen molar-refractivity contribution in [2.24, 2.45) is 0 Å². The molecule has 0 amide bonds. The SMILES string of the molecule is CC/C(=C(/c1ccc(/C=C/C(=O)O)c(C)c1)c1ccc2[nH]ncc2c1)c1ccccc1. The molecule has 4 aromatic rings. The Morgan fingerprint density at radius 1 is 1.00 bits per heavy atom. The van der Waals surface area contributed by atoms with E-state index in [1.165, 1.54) is 22.8 Å². The molecule has 1 aromatic heterocycles. The Morgan fingerprint density at radius 3 is 2.45 bits per heavy atom. The lowest BCUT2D eigenvalue weighted by Crippen LogP contribution is -1.96. The van der Waals surface area contributed by atoms with Crippen LogP contribution in [0.4, 0.5) is 0 Å². The van der Waals surface area contributed by atoms with E-state index in [0.29, 0.717) is 0 Å². The van der Waals surface area contributed by atoms with E-state index in [-0.39, 0.29) is 0 Å². The Labute approximate surface area is 181 Å². The number of fused-ring (bicyclic) bond motifs is 1. The smallest absolute Gasteiger partial charge is 0.328 e. The average molecular weight is 409 g/mol. The highest BCUT2D eigenvalue weighted by molar-refractivity contribution is 6.00. The molecule has 0 radical (unpaired) electrons. The predicted octanol–water partition coefficient (Wildman–Crippen LogP) is 6.34. The van der Waals surface area contributed by atoms with E-state index in [1.54, 1.807) is 6.08 Å². The second kappa shape index (κ2) is 8.84. The molecule has 0 aliphatic carbocycles. The van der Waals surface area contributed by atoms with Gasteiger partial charge in [-0.3, -0.25) is 5.10 Å². The van der Waals surface area contributed by atoms with Crippen molar-refractivity contribution in [1.82, 2.24) is 10.2 Å². The van der Waals surface area contributed by atoms with Crippen LogP contribution in [0.3, 0.4) is 0 Å². The second-order valence-corrected chi connectivity index (χ2v) is 7.49. The molecule has 31 heavy (non-hydrogen) atoms. The number of aromatic nitrogens is 2. The molecule has 0 saturated heterocycles. The first-order chi connectivity index (χ1) is 15.1. The van der Waals surface area contributed by atoms with Gasteiger partial charge in [0.05, 0.1) is 11.7 Å². The van der Waals surface area contributed by atoms with Crippen molar-refractivity contribution in [3.63, 3.8) is 0 Å². The highest BCUT2D eigenvalue weighted by atomic mass is 16.4. The predicted molar refractivity (Wildman–Crippen MR) is 127 cm³/mol. The fourth-order valence-electron chi connectivity index (χ4n) is 3.96. The lowest BCUT2D eigenvalue weighted by Gasteiger charge is -2.17. The molecule has 0 fully saturated rings. The van der Waals surface area contributed by atoms with Crippen LogP contribution in [0.5, 0.6) is 0 Å². The van der Waals surface area contributed by atoms with E-state index >= 15 is 0 Å². The van der Waals surface area contributed by atoms with Crippen LogP contribution in [0.15, 0.2) is 79.0 Å². The van der Waals surface area contributed by atoms with E-state index in [4.69, 9.17) is 5.11 Å². The number of aryl methyl sites for hydroxylation is 1. The summed E-state index contributed by atoms with van der Waals surface area (Å²) in [5.41, 5.74) is 8.79. The normalized spacial score (nSPS) is 12.3. The summed E-state index contributed by atoms with van der Waals surface area (Å²) in [5.74, 6) is -0.949. The van der Waals surface area contributed by atoms with E-state index in [9.17, 15) is 4.79 Å². The lowest BCUT2D eigenvalue weighted by molar-refractivity contribution is -0.131. The lowest BCUT2D eigenvalue weighted by atomic mass is 9.86. The summed E-state index contributed by atoms with van der Waals surface area (Å²) in [6, 6.07) is 23.0. The molecule has 4 nitrogen and oxygen atoms in total. The molecule has 0 saturated carbocycles. The number of H-pyrrole nitrogens is 1. The molecule has 1 heterocycles. The largest absolute Gasteiger partial charge is 0.478 e. The Morgan fingerprint density at radius 2 is 1.74 bits per heavy atom. The number of carbonyl (C=O) groups is 1. The van der Waals surface area contributed by atoms with Gasteiger partial charge in [0.2, 0.25) is 0 Å². The number of rotatable bonds is 6. The number of nitrogens with zero attached hydrogens (tertiary/aromatic N) is 1. The van der Waals surface area contributed by atoms with Crippen LogP contribution in [0.25, 0.3) is 28.1 Å². The number of benzene rings is 3. The molecule has 0 aliphatic rings. The highest BCUT2D eigenvalue weighted by Gasteiger charge is 2.14. The molecule has 0 spiro atoms. The monoisotopic (exact) mass is 408 g/mol. The zero-order chi connectivity index (χ0) is 21.8. The second-order valence-electron chi connectivity index (χ2n) is 7.49. The van der Waals surface area contributed by atoms with Gasteiger partial charge in [0.1, 0.15) is 0 Å². The number of aromatic amines is 1. The molecule has 2 N–H and O–H groups in total. The van der Waals surface area contributed by atoms with E-state index in [2.05, 4.69) is 71.7 Å². The fourth-order valence-corrected chi connectivity index (χ4v) is 3.96. The highest BCUT2D eigenvalue weighted by Crippen LogP contribution is 2.36. The minimum absolute atomic E-state index is 0.877. The van der Waals surface area contributed by atoms with Gasteiger partial charge >= 0.3 is 5.97 Å². The number of allylic oxidation sites excluding steroid dienone is 1. The Balaban J connectivity index is 1.93. The number of carboxylic acid groups (broad SMARTS) is 1. The van der Waals surface area contributed by atoms with Crippen LogP contribution in [-0.4, -0.2) is 21.3 Å². The zero-order valence-corrected chi connectivity index (χ0v) is 17.6. The van der Waals surface area contributed by atoms with Crippen molar-refractivity contribution in [2.75, 3.05) is 0 Å². The van der Waals surface area contributed by atoms with Crippen LogP contribution < -0.4 is 0 Å². The molecule has 0 aliphatic heterocycles. The summed E-state index contributed by atoms with van der Waals surface area (Å²) >= 11 is 0. The standard InChI is InChI=1S/C27H24N2O2/c1-3-24(20-7-5-4-6-8-20)27(22-11-13-25-23(16-22)17-28-29-25)21-10-9-19(18(2)15-21)12-14-26(30)31/h4-17H,3H2,1-2H3,(H,28,29)(H,30,31)/b14-12+,27-24+. The van der Waals surface area contributed by atoms with Crippen LogP contribution in [0.2, 0.25) is 0 Å².